The summed E-state index contributed by atoms with van der Waals surface area (Å²) in [5.41, 5.74) is 1.33. The summed E-state index contributed by atoms with van der Waals surface area (Å²) in [6.07, 6.45) is 4.05. The molecule has 3 aromatic rings. The van der Waals surface area contributed by atoms with Crippen molar-refractivity contribution in [2.24, 2.45) is 5.92 Å². The quantitative estimate of drug-likeness (QED) is 0.631. The van der Waals surface area contributed by atoms with Crippen LogP contribution in [0.5, 0.6) is 0 Å². The second kappa shape index (κ2) is 7.28. The lowest BCUT2D eigenvalue weighted by molar-refractivity contribution is 0.149. The number of nitrogens with zero attached hydrogens (tertiary/aromatic N) is 3. The Bertz CT molecular complexity index is 750. The number of aromatic nitrogens is 2. The molecule has 5 heteroatoms. The highest BCUT2D eigenvalue weighted by molar-refractivity contribution is 7.13. The van der Waals surface area contributed by atoms with Gasteiger partial charge in [-0.3, -0.25) is 4.90 Å². The molecule has 1 aliphatic carbocycles. The highest BCUT2D eigenvalue weighted by Gasteiger charge is 2.22. The van der Waals surface area contributed by atoms with E-state index in [0.717, 1.165) is 23.9 Å². The van der Waals surface area contributed by atoms with Gasteiger partial charge >= 0.3 is 0 Å². The largest absolute Gasteiger partial charge is 0.338 e. The Morgan fingerprint density at radius 1 is 1.08 bits per heavy atom. The maximum Gasteiger partial charge on any atom is 0.241 e. The van der Waals surface area contributed by atoms with Crippen molar-refractivity contribution >= 4 is 11.3 Å². The molecule has 1 aromatic carbocycles. The van der Waals surface area contributed by atoms with Gasteiger partial charge in [0.25, 0.3) is 0 Å². The summed E-state index contributed by atoms with van der Waals surface area (Å²) in [6, 6.07) is 14.6. The van der Waals surface area contributed by atoms with Crippen molar-refractivity contribution < 1.29 is 4.52 Å². The van der Waals surface area contributed by atoms with Crippen LogP contribution in [0, 0.1) is 5.92 Å². The monoisotopic (exact) mass is 339 g/mol. The second-order valence-corrected chi connectivity index (χ2v) is 7.39. The number of rotatable bonds is 7. The van der Waals surface area contributed by atoms with Gasteiger partial charge < -0.3 is 4.52 Å². The first-order valence-corrected chi connectivity index (χ1v) is 9.37. The van der Waals surface area contributed by atoms with Crippen LogP contribution < -0.4 is 0 Å². The third-order valence-electron chi connectivity index (χ3n) is 4.56. The van der Waals surface area contributed by atoms with Gasteiger partial charge in [-0.2, -0.15) is 4.98 Å². The molecular weight excluding hydrogens is 318 g/mol. The van der Waals surface area contributed by atoms with E-state index in [0.29, 0.717) is 18.3 Å². The molecule has 4 nitrogen and oxygen atoms in total. The number of hydrogen-bond acceptors (Lipinski definition) is 5. The average molecular weight is 339 g/mol. The third kappa shape index (κ3) is 3.74. The van der Waals surface area contributed by atoms with Crippen LogP contribution in [0.2, 0.25) is 0 Å². The topological polar surface area (TPSA) is 42.2 Å². The predicted molar refractivity (Wildman–Crippen MR) is 95.5 cm³/mol. The maximum absolute atomic E-state index is 5.49. The highest BCUT2D eigenvalue weighted by Crippen LogP contribution is 2.28. The molecular formula is C19H21N3OS. The molecule has 0 bridgehead atoms. The van der Waals surface area contributed by atoms with Gasteiger partial charge in [0.2, 0.25) is 11.7 Å². The Balaban J connectivity index is 1.46. The first-order chi connectivity index (χ1) is 11.9. The van der Waals surface area contributed by atoms with Gasteiger partial charge in [-0.05, 0) is 35.8 Å². The van der Waals surface area contributed by atoms with Gasteiger partial charge in [0.15, 0.2) is 0 Å². The summed E-state index contributed by atoms with van der Waals surface area (Å²) in [5, 5.41) is 6.16. The molecule has 0 N–H and O–H groups in total. The molecule has 0 atom stereocenters. The molecule has 0 aliphatic heterocycles. The van der Waals surface area contributed by atoms with E-state index in [1.54, 1.807) is 11.3 Å². The van der Waals surface area contributed by atoms with Crippen LogP contribution in [-0.2, 0) is 13.1 Å². The Morgan fingerprint density at radius 3 is 2.67 bits per heavy atom. The summed E-state index contributed by atoms with van der Waals surface area (Å²) in [5.74, 6) is 2.21. The summed E-state index contributed by atoms with van der Waals surface area (Å²) >= 11 is 1.64. The summed E-state index contributed by atoms with van der Waals surface area (Å²) in [7, 11) is 0. The molecule has 2 aromatic heterocycles. The maximum atomic E-state index is 5.49. The molecule has 1 saturated carbocycles. The molecule has 24 heavy (non-hydrogen) atoms. The minimum absolute atomic E-state index is 0.698. The molecule has 1 fully saturated rings. The van der Waals surface area contributed by atoms with Gasteiger partial charge in [0, 0.05) is 13.1 Å². The lowest BCUT2D eigenvalue weighted by Gasteiger charge is -2.31. The fourth-order valence-corrected chi connectivity index (χ4v) is 3.73. The van der Waals surface area contributed by atoms with Gasteiger partial charge in [-0.15, -0.1) is 11.3 Å². The molecule has 0 amide bonds. The van der Waals surface area contributed by atoms with Crippen LogP contribution in [0.4, 0.5) is 0 Å². The molecule has 0 spiro atoms. The zero-order valence-electron chi connectivity index (χ0n) is 13.6. The van der Waals surface area contributed by atoms with E-state index in [2.05, 4.69) is 45.4 Å². The second-order valence-electron chi connectivity index (χ2n) is 6.44. The highest BCUT2D eigenvalue weighted by atomic mass is 32.1. The SMILES string of the molecule is c1ccc(CN(Cc2nc(-c3cccs3)no2)CC2CCC2)cc1. The molecule has 0 unspecified atom stereocenters. The van der Waals surface area contributed by atoms with Crippen LogP contribution in [0.25, 0.3) is 10.7 Å². The fourth-order valence-electron chi connectivity index (χ4n) is 3.08. The standard InChI is InChI=1S/C19H21N3OS/c1-2-6-15(7-3-1)12-22(13-16-8-4-9-16)14-18-20-19(21-23-18)17-10-5-11-24-17/h1-3,5-7,10-11,16H,4,8-9,12-14H2. The van der Waals surface area contributed by atoms with E-state index in [-0.39, 0.29) is 0 Å². The van der Waals surface area contributed by atoms with Crippen molar-refractivity contribution in [3.8, 4) is 10.7 Å². The Kier molecular flexibility index (Phi) is 4.71. The van der Waals surface area contributed by atoms with E-state index in [1.165, 1.54) is 24.8 Å². The summed E-state index contributed by atoms with van der Waals surface area (Å²) in [4.78, 5) is 8.07. The van der Waals surface area contributed by atoms with Crippen LogP contribution in [0.15, 0.2) is 52.4 Å². The van der Waals surface area contributed by atoms with Crippen molar-refractivity contribution in [3.63, 3.8) is 0 Å². The van der Waals surface area contributed by atoms with Crippen molar-refractivity contribution in [2.45, 2.75) is 32.4 Å². The van der Waals surface area contributed by atoms with Crippen LogP contribution in [0.1, 0.15) is 30.7 Å². The van der Waals surface area contributed by atoms with Crippen molar-refractivity contribution in [2.75, 3.05) is 6.54 Å². The van der Waals surface area contributed by atoms with Gasteiger partial charge in [-0.25, -0.2) is 0 Å². The average Bonchev–Trinajstić information content (AvgIpc) is 3.23. The van der Waals surface area contributed by atoms with Crippen LogP contribution >= 0.6 is 11.3 Å². The van der Waals surface area contributed by atoms with Crippen molar-refractivity contribution in [1.82, 2.24) is 15.0 Å². The van der Waals surface area contributed by atoms with E-state index < -0.39 is 0 Å². The van der Waals surface area contributed by atoms with Crippen molar-refractivity contribution in [3.05, 3.63) is 59.3 Å². The molecule has 0 saturated heterocycles. The molecule has 0 radical (unpaired) electrons. The first-order valence-electron chi connectivity index (χ1n) is 8.49. The molecule has 4 rings (SSSR count). The van der Waals surface area contributed by atoms with E-state index >= 15 is 0 Å². The minimum atomic E-state index is 0.698. The molecule has 1 aliphatic rings. The number of benzene rings is 1. The minimum Gasteiger partial charge on any atom is -0.338 e. The Hall–Kier alpha value is -1.98. The molecule has 124 valence electrons. The van der Waals surface area contributed by atoms with Gasteiger partial charge in [0.05, 0.1) is 11.4 Å². The van der Waals surface area contributed by atoms with Crippen LogP contribution in [0.3, 0.4) is 0 Å². The molecule has 2 heterocycles. The number of hydrogen-bond donors (Lipinski definition) is 0. The van der Waals surface area contributed by atoms with E-state index in [9.17, 15) is 0 Å². The summed E-state index contributed by atoms with van der Waals surface area (Å²) in [6.45, 7) is 2.74. The third-order valence-corrected chi connectivity index (χ3v) is 5.42. The van der Waals surface area contributed by atoms with Crippen LogP contribution in [-0.4, -0.2) is 21.6 Å². The van der Waals surface area contributed by atoms with Crippen molar-refractivity contribution in [1.29, 1.82) is 0 Å². The first kappa shape index (κ1) is 15.5. The fraction of sp³-hybridized carbons (Fsp3) is 0.368. The van der Waals surface area contributed by atoms with E-state index in [4.69, 9.17) is 4.52 Å². The summed E-state index contributed by atoms with van der Waals surface area (Å²) < 4.78 is 5.49. The lowest BCUT2D eigenvalue weighted by Crippen LogP contribution is -2.32. The van der Waals surface area contributed by atoms with E-state index in [1.807, 2.05) is 17.5 Å². The smallest absolute Gasteiger partial charge is 0.241 e. The lowest BCUT2D eigenvalue weighted by atomic mass is 9.85. The zero-order chi connectivity index (χ0) is 16.2. The predicted octanol–water partition coefficient (Wildman–Crippen LogP) is 4.60. The zero-order valence-corrected chi connectivity index (χ0v) is 14.4. The van der Waals surface area contributed by atoms with Gasteiger partial charge in [0.1, 0.15) is 0 Å². The Morgan fingerprint density at radius 2 is 1.96 bits per heavy atom. The number of thiophene rings is 1. The normalized spacial score (nSPS) is 14.9. The Labute approximate surface area is 146 Å². The van der Waals surface area contributed by atoms with Gasteiger partial charge in [-0.1, -0.05) is 48.0 Å².